The van der Waals surface area contributed by atoms with Gasteiger partial charge in [-0.1, -0.05) is 0 Å². The van der Waals surface area contributed by atoms with Crippen LogP contribution in [0.5, 0.6) is 0 Å². The van der Waals surface area contributed by atoms with E-state index in [4.69, 9.17) is 0 Å². The van der Waals surface area contributed by atoms with E-state index in [0.717, 1.165) is 21.3 Å². The Morgan fingerprint density at radius 1 is 1.24 bits per heavy atom. The molecule has 3 rings (SSSR count). The highest BCUT2D eigenvalue weighted by Crippen LogP contribution is 2.27. The molecule has 1 aliphatic rings. The van der Waals surface area contributed by atoms with Gasteiger partial charge in [-0.2, -0.15) is 0 Å². The first kappa shape index (κ1) is 13.8. The summed E-state index contributed by atoms with van der Waals surface area (Å²) in [7, 11) is 1.50. The van der Waals surface area contributed by atoms with E-state index >= 15 is 0 Å². The predicted octanol–water partition coefficient (Wildman–Crippen LogP) is 2.85. The Morgan fingerprint density at radius 2 is 1.95 bits per heavy atom. The Labute approximate surface area is 126 Å². The molecule has 1 aromatic carbocycles. The lowest BCUT2D eigenvalue weighted by atomic mass is 10.1. The van der Waals surface area contributed by atoms with Crippen molar-refractivity contribution >= 4 is 28.8 Å². The summed E-state index contributed by atoms with van der Waals surface area (Å²) >= 11 is 1.61. The van der Waals surface area contributed by atoms with Crippen molar-refractivity contribution in [2.45, 2.75) is 19.9 Å². The molecule has 1 N–H and O–H groups in total. The molecule has 5 nitrogen and oxygen atoms in total. The number of aryl methyl sites for hydroxylation is 1. The van der Waals surface area contributed by atoms with Crippen LogP contribution in [0.2, 0.25) is 0 Å². The topological polar surface area (TPSA) is 62.3 Å². The Kier molecular flexibility index (Phi) is 3.25. The summed E-state index contributed by atoms with van der Waals surface area (Å²) < 4.78 is 0. The zero-order chi connectivity index (χ0) is 15.1. The van der Waals surface area contributed by atoms with E-state index in [-0.39, 0.29) is 17.9 Å². The number of aromatic nitrogens is 1. The Bertz CT molecular complexity index is 738. The quantitative estimate of drug-likeness (QED) is 0.886. The minimum absolute atomic E-state index is 0.0398. The van der Waals surface area contributed by atoms with E-state index in [1.807, 2.05) is 25.3 Å². The molecule has 0 fully saturated rings. The molecule has 0 aliphatic carbocycles. The van der Waals surface area contributed by atoms with Crippen molar-refractivity contribution in [2.24, 2.45) is 0 Å². The highest BCUT2D eigenvalue weighted by Gasteiger charge is 2.32. The molecule has 0 saturated carbocycles. The molecule has 21 heavy (non-hydrogen) atoms. The first-order valence-electron chi connectivity index (χ1n) is 6.62. The molecule has 0 saturated heterocycles. The number of thiazole rings is 1. The fraction of sp³-hybridized carbons (Fsp3) is 0.267. The molecule has 0 spiro atoms. The molecule has 2 aromatic rings. The monoisotopic (exact) mass is 301 g/mol. The van der Waals surface area contributed by atoms with E-state index in [9.17, 15) is 9.59 Å². The van der Waals surface area contributed by atoms with Crippen LogP contribution >= 0.6 is 11.3 Å². The lowest BCUT2D eigenvalue weighted by molar-refractivity contribution is 0.0693. The maximum atomic E-state index is 12.0. The molecule has 108 valence electrons. The summed E-state index contributed by atoms with van der Waals surface area (Å²) in [5.74, 6) is -0.500. The van der Waals surface area contributed by atoms with Gasteiger partial charge in [0.05, 0.1) is 27.9 Å². The van der Waals surface area contributed by atoms with Crippen molar-refractivity contribution < 1.29 is 9.59 Å². The zero-order valence-electron chi connectivity index (χ0n) is 12.0. The van der Waals surface area contributed by atoms with Crippen LogP contribution < -0.4 is 5.32 Å². The fourth-order valence-electron chi connectivity index (χ4n) is 2.35. The van der Waals surface area contributed by atoms with Gasteiger partial charge in [0.2, 0.25) is 0 Å². The molecule has 0 bridgehead atoms. The van der Waals surface area contributed by atoms with Gasteiger partial charge in [-0.05, 0) is 32.0 Å². The first-order valence-corrected chi connectivity index (χ1v) is 7.50. The Hall–Kier alpha value is -2.21. The predicted molar refractivity (Wildman–Crippen MR) is 81.8 cm³/mol. The first-order chi connectivity index (χ1) is 9.97. The molecular formula is C15H15N3O2S. The van der Waals surface area contributed by atoms with Crippen molar-refractivity contribution in [3.8, 4) is 0 Å². The van der Waals surface area contributed by atoms with Crippen LogP contribution in [0, 0.1) is 6.92 Å². The molecule has 2 amide bonds. The van der Waals surface area contributed by atoms with Crippen LogP contribution in [-0.2, 0) is 0 Å². The van der Waals surface area contributed by atoms with Crippen molar-refractivity contribution in [2.75, 3.05) is 12.4 Å². The summed E-state index contributed by atoms with van der Waals surface area (Å²) in [6.07, 6.45) is 0. The van der Waals surface area contributed by atoms with Crippen LogP contribution in [0.1, 0.15) is 44.4 Å². The van der Waals surface area contributed by atoms with Gasteiger partial charge in [0.1, 0.15) is 0 Å². The molecular weight excluding hydrogens is 286 g/mol. The van der Waals surface area contributed by atoms with Gasteiger partial charge in [0, 0.05) is 18.1 Å². The van der Waals surface area contributed by atoms with Gasteiger partial charge >= 0.3 is 0 Å². The largest absolute Gasteiger partial charge is 0.377 e. The lowest BCUT2D eigenvalue weighted by Crippen LogP contribution is -2.24. The van der Waals surface area contributed by atoms with Crippen LogP contribution in [-0.4, -0.2) is 28.7 Å². The summed E-state index contributed by atoms with van der Waals surface area (Å²) in [5.41, 5.74) is 2.69. The average molecular weight is 301 g/mol. The minimum atomic E-state index is -0.254. The number of fused-ring (bicyclic) bond motifs is 1. The highest BCUT2D eigenvalue weighted by atomic mass is 32.1. The second kappa shape index (κ2) is 4.96. The number of benzene rings is 1. The number of carbonyl (C=O) groups is 2. The standard InChI is InChI=1S/C15H15N3O2S/c1-8(13-7-21-9(2)17-13)16-10-4-5-11-12(6-10)15(20)18(3)14(11)19/h4-8,16H,1-3H3. The molecule has 1 aliphatic heterocycles. The maximum absolute atomic E-state index is 12.0. The number of imide groups is 1. The van der Waals surface area contributed by atoms with Gasteiger partial charge in [-0.25, -0.2) is 4.98 Å². The summed E-state index contributed by atoms with van der Waals surface area (Å²) in [4.78, 5) is 29.4. The average Bonchev–Trinajstić information content (AvgIpc) is 2.98. The lowest BCUT2D eigenvalue weighted by Gasteiger charge is -2.13. The van der Waals surface area contributed by atoms with E-state index < -0.39 is 0 Å². The van der Waals surface area contributed by atoms with E-state index in [1.165, 1.54) is 7.05 Å². The zero-order valence-corrected chi connectivity index (χ0v) is 12.8. The molecule has 1 unspecified atom stereocenters. The van der Waals surface area contributed by atoms with Crippen LogP contribution in [0.4, 0.5) is 5.69 Å². The van der Waals surface area contributed by atoms with E-state index in [0.29, 0.717) is 11.1 Å². The third-order valence-corrected chi connectivity index (χ3v) is 4.34. The number of hydrogen-bond acceptors (Lipinski definition) is 5. The van der Waals surface area contributed by atoms with E-state index in [2.05, 4.69) is 10.3 Å². The van der Waals surface area contributed by atoms with Crippen molar-refractivity contribution in [3.63, 3.8) is 0 Å². The van der Waals surface area contributed by atoms with Crippen molar-refractivity contribution in [1.29, 1.82) is 0 Å². The summed E-state index contributed by atoms with van der Waals surface area (Å²) in [5, 5.41) is 6.35. The molecule has 1 atom stereocenters. The molecule has 1 aromatic heterocycles. The third kappa shape index (κ3) is 2.31. The number of carbonyl (C=O) groups excluding carboxylic acids is 2. The third-order valence-electron chi connectivity index (χ3n) is 3.55. The summed E-state index contributed by atoms with van der Waals surface area (Å²) in [6, 6.07) is 5.28. The minimum Gasteiger partial charge on any atom is -0.377 e. The number of anilines is 1. The maximum Gasteiger partial charge on any atom is 0.261 e. The summed E-state index contributed by atoms with van der Waals surface area (Å²) in [6.45, 7) is 3.98. The fourth-order valence-corrected chi connectivity index (χ4v) is 3.06. The molecule has 2 heterocycles. The Morgan fingerprint density at radius 3 is 2.62 bits per heavy atom. The number of hydrogen-bond donors (Lipinski definition) is 1. The van der Waals surface area contributed by atoms with Gasteiger partial charge in [-0.3, -0.25) is 14.5 Å². The van der Waals surface area contributed by atoms with Crippen molar-refractivity contribution in [1.82, 2.24) is 9.88 Å². The van der Waals surface area contributed by atoms with E-state index in [1.54, 1.807) is 23.5 Å². The Balaban J connectivity index is 1.85. The number of amides is 2. The van der Waals surface area contributed by atoms with Crippen LogP contribution in [0.15, 0.2) is 23.6 Å². The normalized spacial score (nSPS) is 15.3. The van der Waals surface area contributed by atoms with Crippen LogP contribution in [0.25, 0.3) is 0 Å². The van der Waals surface area contributed by atoms with Gasteiger partial charge in [0.15, 0.2) is 0 Å². The van der Waals surface area contributed by atoms with Gasteiger partial charge < -0.3 is 5.32 Å². The second-order valence-electron chi connectivity index (χ2n) is 5.09. The molecule has 0 radical (unpaired) electrons. The second-order valence-corrected chi connectivity index (χ2v) is 6.15. The smallest absolute Gasteiger partial charge is 0.261 e. The van der Waals surface area contributed by atoms with Crippen molar-refractivity contribution in [3.05, 3.63) is 45.4 Å². The number of nitrogens with zero attached hydrogens (tertiary/aromatic N) is 2. The SMILES string of the molecule is Cc1nc(C(C)Nc2ccc3c(c2)C(=O)N(C)C3=O)cs1. The highest BCUT2D eigenvalue weighted by molar-refractivity contribution is 7.09. The number of nitrogens with one attached hydrogen (secondary N) is 1. The number of rotatable bonds is 3. The van der Waals surface area contributed by atoms with Gasteiger partial charge in [-0.15, -0.1) is 11.3 Å². The molecule has 6 heteroatoms. The van der Waals surface area contributed by atoms with Crippen LogP contribution in [0.3, 0.4) is 0 Å². The van der Waals surface area contributed by atoms with Gasteiger partial charge in [0.25, 0.3) is 11.8 Å².